The Morgan fingerprint density at radius 2 is 1.75 bits per heavy atom. The summed E-state index contributed by atoms with van der Waals surface area (Å²) in [5, 5.41) is 6.60. The molecule has 0 aliphatic rings. The smallest absolute Gasteiger partial charge is 0.133 e. The van der Waals surface area contributed by atoms with Crippen LogP contribution in [0.5, 0.6) is 0 Å². The number of nitrogens with one attached hydrogen (secondary N) is 2. The number of nitrogens with zero attached hydrogens (tertiary/aromatic N) is 2. The summed E-state index contributed by atoms with van der Waals surface area (Å²) < 4.78 is 5.46. The molecule has 0 fully saturated rings. The molecule has 0 radical (unpaired) electrons. The van der Waals surface area contributed by atoms with Gasteiger partial charge in [0.1, 0.15) is 17.5 Å². The summed E-state index contributed by atoms with van der Waals surface area (Å²) in [6.07, 6.45) is 4.03. The number of aryl methyl sites for hydroxylation is 1. The van der Waals surface area contributed by atoms with Gasteiger partial charge in [-0.2, -0.15) is 0 Å². The molecule has 0 aliphatic carbocycles. The Labute approximate surface area is 122 Å². The van der Waals surface area contributed by atoms with E-state index in [9.17, 15) is 0 Å². The normalized spacial score (nSPS) is 10.6. The van der Waals surface area contributed by atoms with Crippen molar-refractivity contribution in [3.63, 3.8) is 0 Å². The second-order valence-electron chi connectivity index (χ2n) is 4.73. The summed E-state index contributed by atoms with van der Waals surface area (Å²) in [5.41, 5.74) is 0. The topological polar surface area (TPSA) is 59.1 Å². The van der Waals surface area contributed by atoms with E-state index >= 15 is 0 Å². The van der Waals surface area contributed by atoms with Gasteiger partial charge in [0, 0.05) is 38.8 Å². The first-order chi connectivity index (χ1) is 9.80. The highest BCUT2D eigenvalue weighted by molar-refractivity contribution is 5.47. The van der Waals surface area contributed by atoms with Crippen LogP contribution in [0.25, 0.3) is 0 Å². The zero-order valence-electron chi connectivity index (χ0n) is 13.0. The molecule has 0 amide bonds. The maximum Gasteiger partial charge on any atom is 0.133 e. The summed E-state index contributed by atoms with van der Waals surface area (Å²) in [7, 11) is 0. The highest BCUT2D eigenvalue weighted by Crippen LogP contribution is 2.12. The van der Waals surface area contributed by atoms with Gasteiger partial charge in [0.05, 0.1) is 0 Å². The fraction of sp³-hybridized carbons (Fsp3) is 0.733. The predicted octanol–water partition coefficient (Wildman–Crippen LogP) is 3.09. The third kappa shape index (κ3) is 6.70. The lowest BCUT2D eigenvalue weighted by atomic mass is 10.3. The van der Waals surface area contributed by atoms with E-state index in [1.807, 2.05) is 6.07 Å². The largest absolute Gasteiger partial charge is 0.381 e. The van der Waals surface area contributed by atoms with E-state index in [1.54, 1.807) is 0 Å². The molecule has 0 bridgehead atoms. The molecule has 1 aromatic heterocycles. The Morgan fingerprint density at radius 3 is 2.40 bits per heavy atom. The molecule has 5 nitrogen and oxygen atoms in total. The minimum absolute atomic E-state index is 0.799. The fourth-order valence-electron chi connectivity index (χ4n) is 1.83. The van der Waals surface area contributed by atoms with E-state index in [4.69, 9.17) is 4.74 Å². The van der Waals surface area contributed by atoms with Crippen molar-refractivity contribution >= 4 is 11.6 Å². The van der Waals surface area contributed by atoms with Crippen LogP contribution in [0.1, 0.15) is 45.9 Å². The third-order valence-electron chi connectivity index (χ3n) is 2.72. The molecule has 114 valence electrons. The van der Waals surface area contributed by atoms with Crippen LogP contribution in [0.4, 0.5) is 11.6 Å². The average Bonchev–Trinajstić information content (AvgIpc) is 2.43. The van der Waals surface area contributed by atoms with Crippen molar-refractivity contribution in [2.75, 3.05) is 36.9 Å². The number of hydrogen-bond donors (Lipinski definition) is 2. The summed E-state index contributed by atoms with van der Waals surface area (Å²) in [4.78, 5) is 9.03. The van der Waals surface area contributed by atoms with E-state index < -0.39 is 0 Å². The molecular weight excluding hydrogens is 252 g/mol. The van der Waals surface area contributed by atoms with Gasteiger partial charge in [-0.05, 0) is 26.2 Å². The molecule has 0 saturated carbocycles. The lowest BCUT2D eigenvalue weighted by Gasteiger charge is -2.10. The molecule has 1 rings (SSSR count). The van der Waals surface area contributed by atoms with Crippen molar-refractivity contribution in [3.8, 4) is 0 Å². The van der Waals surface area contributed by atoms with Crippen molar-refractivity contribution in [1.29, 1.82) is 0 Å². The highest BCUT2D eigenvalue weighted by Gasteiger charge is 2.03. The number of ether oxygens (including phenoxy) is 1. The lowest BCUT2D eigenvalue weighted by Crippen LogP contribution is -2.10. The Morgan fingerprint density at radius 1 is 1.00 bits per heavy atom. The second-order valence-corrected chi connectivity index (χ2v) is 4.73. The molecule has 0 spiro atoms. The maximum absolute atomic E-state index is 5.46. The maximum atomic E-state index is 5.46. The molecule has 0 aromatic carbocycles. The van der Waals surface area contributed by atoms with E-state index in [1.165, 1.54) is 0 Å². The van der Waals surface area contributed by atoms with E-state index in [0.717, 1.165) is 69.4 Å². The number of hydrogen-bond acceptors (Lipinski definition) is 5. The van der Waals surface area contributed by atoms with Crippen LogP contribution in [0.3, 0.4) is 0 Å². The van der Waals surface area contributed by atoms with Crippen molar-refractivity contribution in [1.82, 2.24) is 9.97 Å². The minimum atomic E-state index is 0.799. The average molecular weight is 280 g/mol. The van der Waals surface area contributed by atoms with Gasteiger partial charge in [-0.3, -0.25) is 0 Å². The molecule has 20 heavy (non-hydrogen) atoms. The van der Waals surface area contributed by atoms with E-state index in [-0.39, 0.29) is 0 Å². The molecule has 0 saturated heterocycles. The van der Waals surface area contributed by atoms with Gasteiger partial charge in [-0.25, -0.2) is 9.97 Å². The third-order valence-corrected chi connectivity index (χ3v) is 2.72. The van der Waals surface area contributed by atoms with E-state index in [2.05, 4.69) is 41.4 Å². The summed E-state index contributed by atoms with van der Waals surface area (Å²) in [6, 6.07) is 1.97. The molecule has 0 unspecified atom stereocenters. The van der Waals surface area contributed by atoms with E-state index in [0.29, 0.717) is 0 Å². The van der Waals surface area contributed by atoms with Crippen molar-refractivity contribution in [2.45, 2.75) is 46.5 Å². The molecule has 0 atom stereocenters. The first kappa shape index (κ1) is 16.7. The quantitative estimate of drug-likeness (QED) is 0.610. The number of aromatic nitrogens is 2. The Hall–Kier alpha value is -1.36. The van der Waals surface area contributed by atoms with Crippen LogP contribution >= 0.6 is 0 Å². The van der Waals surface area contributed by atoms with Gasteiger partial charge in [0.2, 0.25) is 0 Å². The lowest BCUT2D eigenvalue weighted by molar-refractivity contribution is 0.134. The molecular formula is C15H28N4O. The second kappa shape index (κ2) is 10.4. The van der Waals surface area contributed by atoms with Crippen LogP contribution < -0.4 is 10.6 Å². The fourth-order valence-corrected chi connectivity index (χ4v) is 1.83. The van der Waals surface area contributed by atoms with Crippen LogP contribution in [0.2, 0.25) is 0 Å². The zero-order chi connectivity index (χ0) is 14.6. The summed E-state index contributed by atoms with van der Waals surface area (Å²) in [5.74, 6) is 2.70. The minimum Gasteiger partial charge on any atom is -0.381 e. The predicted molar refractivity (Wildman–Crippen MR) is 84.4 cm³/mol. The molecule has 2 N–H and O–H groups in total. The zero-order valence-corrected chi connectivity index (χ0v) is 13.0. The number of anilines is 2. The monoisotopic (exact) mass is 280 g/mol. The Bertz CT molecular complexity index is 347. The Kier molecular flexibility index (Phi) is 8.71. The number of rotatable bonds is 11. The van der Waals surface area contributed by atoms with Crippen molar-refractivity contribution in [2.24, 2.45) is 0 Å². The first-order valence-corrected chi connectivity index (χ1v) is 7.73. The summed E-state index contributed by atoms with van der Waals surface area (Å²) in [6.45, 7) is 9.72. The molecule has 5 heteroatoms. The van der Waals surface area contributed by atoms with Gasteiger partial charge in [-0.15, -0.1) is 0 Å². The highest BCUT2D eigenvalue weighted by atomic mass is 16.5. The SMILES string of the molecule is CCCOCCCNc1cc(NCC)nc(CCC)n1. The molecule has 1 heterocycles. The van der Waals surface area contributed by atoms with Crippen LogP contribution in [0, 0.1) is 0 Å². The molecule has 0 aliphatic heterocycles. The van der Waals surface area contributed by atoms with Crippen LogP contribution in [-0.4, -0.2) is 36.3 Å². The standard InChI is InChI=1S/C15H28N4O/c1-4-8-13-18-14(16-6-3)12-15(19-13)17-9-7-11-20-10-5-2/h12H,4-11H2,1-3H3,(H2,16,17,18,19). The molecule has 1 aromatic rings. The van der Waals surface area contributed by atoms with Crippen molar-refractivity contribution in [3.05, 3.63) is 11.9 Å². The van der Waals surface area contributed by atoms with Crippen molar-refractivity contribution < 1.29 is 4.74 Å². The van der Waals surface area contributed by atoms with Gasteiger partial charge < -0.3 is 15.4 Å². The van der Waals surface area contributed by atoms with Crippen LogP contribution in [-0.2, 0) is 11.2 Å². The van der Waals surface area contributed by atoms with Gasteiger partial charge in [-0.1, -0.05) is 13.8 Å². The van der Waals surface area contributed by atoms with Gasteiger partial charge in [0.15, 0.2) is 0 Å². The van der Waals surface area contributed by atoms with Crippen LogP contribution in [0.15, 0.2) is 6.07 Å². The summed E-state index contributed by atoms with van der Waals surface area (Å²) >= 11 is 0. The first-order valence-electron chi connectivity index (χ1n) is 7.73. The van der Waals surface area contributed by atoms with Gasteiger partial charge >= 0.3 is 0 Å². The van der Waals surface area contributed by atoms with Gasteiger partial charge in [0.25, 0.3) is 0 Å². The Balaban J connectivity index is 2.46.